The lowest BCUT2D eigenvalue weighted by atomic mass is 10.1. The molecule has 2 aromatic rings. The maximum atomic E-state index is 12.2. The summed E-state index contributed by atoms with van der Waals surface area (Å²) in [6.45, 7) is 2.70. The fourth-order valence-corrected chi connectivity index (χ4v) is 2.23. The van der Waals surface area contributed by atoms with Gasteiger partial charge in [0, 0.05) is 5.56 Å². The van der Waals surface area contributed by atoms with Crippen LogP contribution in [-0.2, 0) is 9.47 Å². The highest BCUT2D eigenvalue weighted by Crippen LogP contribution is 2.28. The highest BCUT2D eigenvalue weighted by Gasteiger charge is 2.28. The molecule has 1 fully saturated rings. The van der Waals surface area contributed by atoms with Crippen LogP contribution in [0.1, 0.15) is 22.8 Å². The van der Waals surface area contributed by atoms with Crippen LogP contribution in [0.2, 0.25) is 0 Å². The fraction of sp³-hybridized carbons (Fsp3) is 0.294. The third-order valence-corrected chi connectivity index (χ3v) is 3.52. The van der Waals surface area contributed by atoms with E-state index in [1.54, 1.807) is 31.2 Å². The largest absolute Gasteiger partial charge is 0.469 e. The van der Waals surface area contributed by atoms with Gasteiger partial charge in [-0.1, -0.05) is 12.1 Å². The van der Waals surface area contributed by atoms with Gasteiger partial charge in [-0.25, -0.2) is 9.78 Å². The second-order valence-corrected chi connectivity index (χ2v) is 5.30. The third kappa shape index (κ3) is 3.51. The summed E-state index contributed by atoms with van der Waals surface area (Å²) in [5.74, 6) is -0.372. The first kappa shape index (κ1) is 16.7. The first-order valence-corrected chi connectivity index (χ1v) is 7.72. The highest BCUT2D eigenvalue weighted by molar-refractivity contribution is 5.97. The minimum atomic E-state index is -0.646. The fourth-order valence-electron chi connectivity index (χ4n) is 2.23. The molecule has 1 aromatic carbocycles. The minimum absolute atomic E-state index is 0.00561. The predicted octanol–water partition coefficient (Wildman–Crippen LogP) is 1.55. The maximum absolute atomic E-state index is 12.2. The molecule has 1 aromatic heterocycles. The number of hydrogen-bond donors (Lipinski definition) is 1. The lowest BCUT2D eigenvalue weighted by Gasteiger charge is -2.27. The number of nitrogen functional groups attached to an aromatic ring is 1. The number of carbonyl (C=O) groups excluding carboxylic acids is 1. The van der Waals surface area contributed by atoms with Crippen LogP contribution in [0.4, 0.5) is 5.82 Å². The molecule has 8 heteroatoms. The Morgan fingerprint density at radius 1 is 1.44 bits per heavy atom. The Kier molecular flexibility index (Phi) is 4.77. The molecule has 0 saturated carbocycles. The first-order chi connectivity index (χ1) is 12.1. The number of nitrogens with two attached hydrogens (primary N) is 1. The van der Waals surface area contributed by atoms with Crippen molar-refractivity contribution in [2.24, 2.45) is 0 Å². The predicted molar refractivity (Wildman–Crippen MR) is 87.8 cm³/mol. The Balaban J connectivity index is 2.05. The maximum Gasteiger partial charge on any atom is 0.347 e. The third-order valence-electron chi connectivity index (χ3n) is 3.52. The normalized spacial score (nSPS) is 13.6. The second-order valence-electron chi connectivity index (χ2n) is 5.30. The molecule has 3 rings (SSSR count). The number of nitriles is 1. The Morgan fingerprint density at radius 3 is 2.88 bits per heavy atom. The van der Waals surface area contributed by atoms with Gasteiger partial charge in [0.1, 0.15) is 11.9 Å². The van der Waals surface area contributed by atoms with E-state index in [4.69, 9.17) is 25.2 Å². The van der Waals surface area contributed by atoms with Gasteiger partial charge in [0.25, 0.3) is 0 Å². The van der Waals surface area contributed by atoms with Crippen LogP contribution >= 0.6 is 0 Å². The topological polar surface area (TPSA) is 120 Å². The number of ether oxygens (including phenoxy) is 3. The molecule has 128 valence electrons. The molecule has 0 spiro atoms. The van der Waals surface area contributed by atoms with Crippen molar-refractivity contribution in [3.05, 3.63) is 35.4 Å². The molecular weight excluding hydrogens is 324 g/mol. The molecule has 2 heterocycles. The number of nitrogens with zero attached hydrogens (tertiary/aromatic N) is 3. The van der Waals surface area contributed by atoms with Gasteiger partial charge >= 0.3 is 5.97 Å². The minimum Gasteiger partial charge on any atom is -0.469 e. The van der Waals surface area contributed by atoms with Crippen LogP contribution in [0, 0.1) is 11.3 Å². The van der Waals surface area contributed by atoms with E-state index in [9.17, 15) is 4.79 Å². The van der Waals surface area contributed by atoms with Crippen LogP contribution in [0.25, 0.3) is 11.4 Å². The average molecular weight is 340 g/mol. The number of hydrogen-bond acceptors (Lipinski definition) is 8. The molecule has 0 unspecified atom stereocenters. The van der Waals surface area contributed by atoms with Crippen molar-refractivity contribution in [2.75, 3.05) is 25.6 Å². The van der Waals surface area contributed by atoms with Gasteiger partial charge in [0.2, 0.25) is 5.88 Å². The summed E-state index contributed by atoms with van der Waals surface area (Å²) in [6.07, 6.45) is -0.208. The molecule has 0 atom stereocenters. The molecule has 0 bridgehead atoms. The quantitative estimate of drug-likeness (QED) is 0.814. The number of esters is 1. The summed E-state index contributed by atoms with van der Waals surface area (Å²) < 4.78 is 15.8. The van der Waals surface area contributed by atoms with E-state index < -0.39 is 5.97 Å². The van der Waals surface area contributed by atoms with Crippen molar-refractivity contribution in [3.63, 3.8) is 0 Å². The van der Waals surface area contributed by atoms with Gasteiger partial charge in [0.05, 0.1) is 31.5 Å². The van der Waals surface area contributed by atoms with Crippen LogP contribution in [0.15, 0.2) is 24.3 Å². The SMILES string of the molecule is CCOC(=O)c1c(N)nc(-c2cccc(C#N)c2)nc1OC1COC1. The van der Waals surface area contributed by atoms with E-state index in [-0.39, 0.29) is 35.8 Å². The Morgan fingerprint density at radius 2 is 2.24 bits per heavy atom. The molecule has 0 aliphatic carbocycles. The zero-order valence-electron chi connectivity index (χ0n) is 13.6. The molecule has 0 radical (unpaired) electrons. The van der Waals surface area contributed by atoms with Crippen molar-refractivity contribution in [1.29, 1.82) is 5.26 Å². The van der Waals surface area contributed by atoms with Crippen LogP contribution in [0.5, 0.6) is 5.88 Å². The first-order valence-electron chi connectivity index (χ1n) is 7.72. The molecule has 1 saturated heterocycles. The van der Waals surface area contributed by atoms with E-state index >= 15 is 0 Å². The zero-order valence-corrected chi connectivity index (χ0v) is 13.6. The standard InChI is InChI=1S/C17H16N4O4/c1-2-24-17(22)13-14(19)20-15(11-5-3-4-10(6-11)7-18)21-16(13)25-12-8-23-9-12/h3-6,12H,2,8-9H2,1H3,(H2,19,20,21). The van der Waals surface area contributed by atoms with Gasteiger partial charge in [-0.15, -0.1) is 0 Å². The molecule has 8 nitrogen and oxygen atoms in total. The summed E-state index contributed by atoms with van der Waals surface area (Å²) >= 11 is 0. The van der Waals surface area contributed by atoms with Crippen molar-refractivity contribution in [1.82, 2.24) is 9.97 Å². The Labute approximate surface area is 144 Å². The van der Waals surface area contributed by atoms with E-state index in [2.05, 4.69) is 16.0 Å². The van der Waals surface area contributed by atoms with Crippen molar-refractivity contribution < 1.29 is 19.0 Å². The van der Waals surface area contributed by atoms with Gasteiger partial charge in [-0.05, 0) is 19.1 Å². The van der Waals surface area contributed by atoms with Gasteiger partial charge in [-0.2, -0.15) is 10.2 Å². The van der Waals surface area contributed by atoms with Crippen LogP contribution in [-0.4, -0.2) is 41.9 Å². The van der Waals surface area contributed by atoms with E-state index in [1.165, 1.54) is 0 Å². The molecular formula is C17H16N4O4. The number of anilines is 1. The number of rotatable bonds is 5. The molecule has 2 N–H and O–H groups in total. The molecule has 25 heavy (non-hydrogen) atoms. The van der Waals surface area contributed by atoms with Gasteiger partial charge in [0.15, 0.2) is 11.4 Å². The van der Waals surface area contributed by atoms with Gasteiger partial charge in [-0.3, -0.25) is 0 Å². The number of carbonyl (C=O) groups is 1. The summed E-state index contributed by atoms with van der Waals surface area (Å²) in [6, 6.07) is 8.82. The van der Waals surface area contributed by atoms with E-state index in [0.717, 1.165) is 0 Å². The van der Waals surface area contributed by atoms with Crippen LogP contribution in [0.3, 0.4) is 0 Å². The summed E-state index contributed by atoms with van der Waals surface area (Å²) in [5, 5.41) is 9.04. The monoisotopic (exact) mass is 340 g/mol. The van der Waals surface area contributed by atoms with E-state index in [0.29, 0.717) is 24.3 Å². The Bertz CT molecular complexity index is 843. The van der Waals surface area contributed by atoms with Crippen molar-refractivity contribution >= 4 is 11.8 Å². The number of benzene rings is 1. The van der Waals surface area contributed by atoms with Crippen LogP contribution < -0.4 is 10.5 Å². The highest BCUT2D eigenvalue weighted by atomic mass is 16.6. The summed E-state index contributed by atoms with van der Waals surface area (Å²) in [5.41, 5.74) is 7.02. The smallest absolute Gasteiger partial charge is 0.347 e. The molecule has 1 aliphatic heterocycles. The van der Waals surface area contributed by atoms with Gasteiger partial charge < -0.3 is 19.9 Å². The summed E-state index contributed by atoms with van der Waals surface area (Å²) in [7, 11) is 0. The zero-order chi connectivity index (χ0) is 17.8. The lowest BCUT2D eigenvalue weighted by molar-refractivity contribution is -0.0816. The van der Waals surface area contributed by atoms with Crippen molar-refractivity contribution in [2.45, 2.75) is 13.0 Å². The van der Waals surface area contributed by atoms with Crippen molar-refractivity contribution in [3.8, 4) is 23.3 Å². The lowest BCUT2D eigenvalue weighted by Crippen LogP contribution is -2.39. The number of aromatic nitrogens is 2. The summed E-state index contributed by atoms with van der Waals surface area (Å²) in [4.78, 5) is 20.7. The molecule has 1 aliphatic rings. The van der Waals surface area contributed by atoms with E-state index in [1.807, 2.05) is 0 Å². The molecule has 0 amide bonds. The second kappa shape index (κ2) is 7.15. The average Bonchev–Trinajstić information content (AvgIpc) is 2.58. The Hall–Kier alpha value is -3.18.